The van der Waals surface area contributed by atoms with E-state index in [4.69, 9.17) is 4.74 Å². The van der Waals surface area contributed by atoms with Gasteiger partial charge in [0.2, 0.25) is 11.8 Å². The molecule has 0 saturated carbocycles. The molecule has 1 N–H and O–H groups in total. The number of morpholine rings is 1. The third-order valence-electron chi connectivity index (χ3n) is 5.76. The Morgan fingerprint density at radius 2 is 1.93 bits per heavy atom. The van der Waals surface area contributed by atoms with Crippen molar-refractivity contribution in [1.29, 1.82) is 0 Å². The van der Waals surface area contributed by atoms with Crippen LogP contribution in [0.4, 0.5) is 5.69 Å². The van der Waals surface area contributed by atoms with E-state index in [2.05, 4.69) is 16.3 Å². The van der Waals surface area contributed by atoms with E-state index in [1.807, 2.05) is 42.2 Å². The molecule has 0 spiro atoms. The fourth-order valence-corrected chi connectivity index (χ4v) is 4.02. The van der Waals surface area contributed by atoms with Crippen LogP contribution in [-0.4, -0.2) is 67.6 Å². The molecular formula is C22H27N3O3. The maximum atomic E-state index is 12.9. The maximum Gasteiger partial charge on any atom is 0.229 e. The summed E-state index contributed by atoms with van der Waals surface area (Å²) >= 11 is 0. The number of ether oxygens (including phenoxy) is 1. The molecule has 0 bridgehead atoms. The Bertz CT molecular complexity index is 876. The van der Waals surface area contributed by atoms with Crippen LogP contribution < -0.4 is 5.32 Å². The number of benzene rings is 2. The van der Waals surface area contributed by atoms with Crippen LogP contribution in [-0.2, 0) is 14.3 Å². The van der Waals surface area contributed by atoms with Crippen LogP contribution in [0.5, 0.6) is 0 Å². The van der Waals surface area contributed by atoms with Gasteiger partial charge in [0.05, 0.1) is 24.8 Å². The average Bonchev–Trinajstić information content (AvgIpc) is 3.10. The molecule has 2 fully saturated rings. The number of carbonyl (C=O) groups is 2. The van der Waals surface area contributed by atoms with Gasteiger partial charge in [0.1, 0.15) is 0 Å². The molecule has 148 valence electrons. The summed E-state index contributed by atoms with van der Waals surface area (Å²) in [5, 5.41) is 5.22. The number of amides is 2. The van der Waals surface area contributed by atoms with Crippen molar-refractivity contribution in [3.8, 4) is 0 Å². The molecule has 0 aliphatic carbocycles. The molecule has 1 unspecified atom stereocenters. The quantitative estimate of drug-likeness (QED) is 0.863. The zero-order valence-corrected chi connectivity index (χ0v) is 16.3. The molecule has 2 saturated heterocycles. The highest BCUT2D eigenvalue weighted by Crippen LogP contribution is 2.28. The zero-order valence-electron chi connectivity index (χ0n) is 16.3. The molecule has 6 nitrogen and oxygen atoms in total. The van der Waals surface area contributed by atoms with Crippen LogP contribution in [0.25, 0.3) is 10.8 Å². The van der Waals surface area contributed by atoms with Crippen molar-refractivity contribution in [3.63, 3.8) is 0 Å². The molecule has 6 heteroatoms. The Labute approximate surface area is 165 Å². The third-order valence-corrected chi connectivity index (χ3v) is 5.76. The van der Waals surface area contributed by atoms with Crippen LogP contribution >= 0.6 is 0 Å². The van der Waals surface area contributed by atoms with Crippen LogP contribution in [0.15, 0.2) is 36.4 Å². The van der Waals surface area contributed by atoms with E-state index in [9.17, 15) is 9.59 Å². The van der Waals surface area contributed by atoms with Crippen LogP contribution in [0.1, 0.15) is 12.0 Å². The van der Waals surface area contributed by atoms with E-state index in [0.29, 0.717) is 19.5 Å². The minimum Gasteiger partial charge on any atom is -0.379 e. The van der Waals surface area contributed by atoms with Gasteiger partial charge in [-0.2, -0.15) is 0 Å². The summed E-state index contributed by atoms with van der Waals surface area (Å²) in [6.07, 6.45) is 0.290. The van der Waals surface area contributed by atoms with E-state index in [-0.39, 0.29) is 17.7 Å². The van der Waals surface area contributed by atoms with E-state index < -0.39 is 0 Å². The number of fused-ring (bicyclic) bond motifs is 1. The van der Waals surface area contributed by atoms with Crippen molar-refractivity contribution in [2.24, 2.45) is 5.92 Å². The highest BCUT2D eigenvalue weighted by Gasteiger charge is 2.34. The standard InChI is InChI=1S/C22H27N3O3/c1-16-6-7-17-4-2-3-5-19(17)21(16)23-22(27)18-14-20(26)25(15-18)9-8-24-10-12-28-13-11-24/h2-7,18H,8-15H2,1H3,(H,23,27). The summed E-state index contributed by atoms with van der Waals surface area (Å²) in [7, 11) is 0. The number of nitrogens with zero attached hydrogens (tertiary/aromatic N) is 2. The van der Waals surface area contributed by atoms with Gasteiger partial charge in [0, 0.05) is 44.5 Å². The van der Waals surface area contributed by atoms with E-state index >= 15 is 0 Å². The van der Waals surface area contributed by atoms with Crippen molar-refractivity contribution >= 4 is 28.3 Å². The van der Waals surface area contributed by atoms with Gasteiger partial charge in [-0.1, -0.05) is 36.4 Å². The maximum absolute atomic E-state index is 12.9. The normalized spacial score (nSPS) is 20.7. The van der Waals surface area contributed by atoms with Crippen molar-refractivity contribution in [2.75, 3.05) is 51.3 Å². The average molecular weight is 381 g/mol. The van der Waals surface area contributed by atoms with Crippen molar-refractivity contribution in [1.82, 2.24) is 9.80 Å². The highest BCUT2D eigenvalue weighted by atomic mass is 16.5. The van der Waals surface area contributed by atoms with Gasteiger partial charge in [-0.25, -0.2) is 0 Å². The second-order valence-corrected chi connectivity index (χ2v) is 7.66. The van der Waals surface area contributed by atoms with E-state index in [0.717, 1.165) is 54.9 Å². The number of aryl methyl sites for hydroxylation is 1. The van der Waals surface area contributed by atoms with Crippen molar-refractivity contribution in [3.05, 3.63) is 42.0 Å². The van der Waals surface area contributed by atoms with Crippen LogP contribution in [0.2, 0.25) is 0 Å². The first-order valence-corrected chi connectivity index (χ1v) is 9.99. The monoisotopic (exact) mass is 381 g/mol. The third kappa shape index (κ3) is 4.03. The van der Waals surface area contributed by atoms with E-state index in [1.54, 1.807) is 0 Å². The van der Waals surface area contributed by atoms with Gasteiger partial charge in [-0.05, 0) is 17.9 Å². The molecule has 2 aromatic rings. The second kappa shape index (κ2) is 8.29. The topological polar surface area (TPSA) is 61.9 Å². The smallest absolute Gasteiger partial charge is 0.229 e. The molecule has 0 aromatic heterocycles. The number of anilines is 1. The molecule has 28 heavy (non-hydrogen) atoms. The molecule has 4 rings (SSSR count). The molecule has 2 aliphatic rings. The van der Waals surface area contributed by atoms with Gasteiger partial charge in [-0.15, -0.1) is 0 Å². The minimum atomic E-state index is -0.296. The van der Waals surface area contributed by atoms with Crippen LogP contribution in [0, 0.1) is 12.8 Å². The summed E-state index contributed by atoms with van der Waals surface area (Å²) in [4.78, 5) is 29.4. The predicted molar refractivity (Wildman–Crippen MR) is 109 cm³/mol. The fraction of sp³-hybridized carbons (Fsp3) is 0.455. The van der Waals surface area contributed by atoms with Gasteiger partial charge in [0.25, 0.3) is 0 Å². The Hall–Kier alpha value is -2.44. The number of hydrogen-bond donors (Lipinski definition) is 1. The largest absolute Gasteiger partial charge is 0.379 e. The molecule has 0 radical (unpaired) electrons. The number of likely N-dealkylation sites (tertiary alicyclic amines) is 1. The lowest BCUT2D eigenvalue weighted by atomic mass is 10.0. The van der Waals surface area contributed by atoms with Crippen molar-refractivity contribution < 1.29 is 14.3 Å². The van der Waals surface area contributed by atoms with Crippen molar-refractivity contribution in [2.45, 2.75) is 13.3 Å². The van der Waals surface area contributed by atoms with E-state index in [1.165, 1.54) is 0 Å². The lowest BCUT2D eigenvalue weighted by molar-refractivity contribution is -0.128. The predicted octanol–water partition coefficient (Wildman–Crippen LogP) is 2.27. The Kier molecular flexibility index (Phi) is 5.59. The summed E-state index contributed by atoms with van der Waals surface area (Å²) in [6, 6.07) is 12.1. The molecular weight excluding hydrogens is 354 g/mol. The minimum absolute atomic E-state index is 0.0679. The fourth-order valence-electron chi connectivity index (χ4n) is 4.02. The Morgan fingerprint density at radius 3 is 2.75 bits per heavy atom. The van der Waals surface area contributed by atoms with Gasteiger partial charge in [0.15, 0.2) is 0 Å². The molecule has 2 aliphatic heterocycles. The van der Waals surface area contributed by atoms with Gasteiger partial charge in [-0.3, -0.25) is 14.5 Å². The number of nitrogens with one attached hydrogen (secondary N) is 1. The Balaban J connectivity index is 1.39. The first-order valence-electron chi connectivity index (χ1n) is 9.99. The Morgan fingerprint density at radius 1 is 1.14 bits per heavy atom. The zero-order chi connectivity index (χ0) is 19.5. The number of carbonyl (C=O) groups excluding carboxylic acids is 2. The molecule has 2 aromatic carbocycles. The number of hydrogen-bond acceptors (Lipinski definition) is 4. The van der Waals surface area contributed by atoms with Gasteiger partial charge < -0.3 is 15.0 Å². The molecule has 2 amide bonds. The summed E-state index contributed by atoms with van der Waals surface area (Å²) in [5.41, 5.74) is 1.88. The summed E-state index contributed by atoms with van der Waals surface area (Å²) in [6.45, 7) is 7.34. The molecule has 1 atom stereocenters. The van der Waals surface area contributed by atoms with Crippen LogP contribution in [0.3, 0.4) is 0 Å². The lowest BCUT2D eigenvalue weighted by Gasteiger charge is -2.28. The lowest BCUT2D eigenvalue weighted by Crippen LogP contribution is -2.42. The first kappa shape index (κ1) is 18.9. The second-order valence-electron chi connectivity index (χ2n) is 7.66. The summed E-state index contributed by atoms with van der Waals surface area (Å²) in [5.74, 6) is -0.291. The first-order chi connectivity index (χ1) is 13.6. The van der Waals surface area contributed by atoms with Gasteiger partial charge >= 0.3 is 0 Å². The number of rotatable bonds is 5. The highest BCUT2D eigenvalue weighted by molar-refractivity contribution is 6.05. The SMILES string of the molecule is Cc1ccc2ccccc2c1NC(=O)C1CC(=O)N(CCN2CCOCC2)C1. The molecule has 2 heterocycles. The summed E-state index contributed by atoms with van der Waals surface area (Å²) < 4.78 is 5.36.